The number of ketones is 2. The van der Waals surface area contributed by atoms with E-state index in [1.54, 1.807) is 6.08 Å². The molecule has 0 radical (unpaired) electrons. The van der Waals surface area contributed by atoms with Crippen molar-refractivity contribution in [1.29, 1.82) is 0 Å². The number of Topliss-reactive ketones (excluding diaryl/α,β-unsaturated/α-hetero) is 2. The van der Waals surface area contributed by atoms with Crippen LogP contribution in [0.15, 0.2) is 12.7 Å². The first-order chi connectivity index (χ1) is 5.65. The molecule has 66 valence electrons. The number of carbonyl (C=O) groups excluding carboxylic acids is 2. The fraction of sp³-hybridized carbons (Fsp3) is 0.600. The second kappa shape index (κ2) is 3.65. The quantitative estimate of drug-likeness (QED) is 0.462. The Bertz CT molecular complexity index is 218. The first-order valence-corrected chi connectivity index (χ1v) is 4.30. The molecule has 2 atom stereocenters. The van der Waals surface area contributed by atoms with Gasteiger partial charge in [-0.15, -0.1) is 6.58 Å². The molecule has 0 heterocycles. The Balaban J connectivity index is 2.66. The van der Waals surface area contributed by atoms with Gasteiger partial charge < -0.3 is 0 Å². The summed E-state index contributed by atoms with van der Waals surface area (Å²) >= 11 is 0. The highest BCUT2D eigenvalue weighted by Gasteiger charge is 2.31. The zero-order valence-electron chi connectivity index (χ0n) is 7.38. The molecule has 0 saturated heterocycles. The van der Waals surface area contributed by atoms with Gasteiger partial charge >= 0.3 is 0 Å². The summed E-state index contributed by atoms with van der Waals surface area (Å²) in [5, 5.41) is 0. The van der Waals surface area contributed by atoms with E-state index in [1.165, 1.54) is 0 Å². The molecular weight excluding hydrogens is 152 g/mol. The molecule has 1 aliphatic rings. The van der Waals surface area contributed by atoms with Crippen molar-refractivity contribution in [2.45, 2.75) is 26.2 Å². The van der Waals surface area contributed by atoms with E-state index in [1.807, 2.05) is 6.92 Å². The minimum atomic E-state index is 0.0419. The summed E-state index contributed by atoms with van der Waals surface area (Å²) in [4.78, 5) is 22.3. The molecule has 1 fully saturated rings. The monoisotopic (exact) mass is 166 g/mol. The third-order valence-electron chi connectivity index (χ3n) is 2.44. The second-order valence-electron chi connectivity index (χ2n) is 3.49. The largest absolute Gasteiger partial charge is 0.299 e. The van der Waals surface area contributed by atoms with Crippen molar-refractivity contribution in [1.82, 2.24) is 0 Å². The van der Waals surface area contributed by atoms with Crippen LogP contribution in [0.25, 0.3) is 0 Å². The van der Waals surface area contributed by atoms with Crippen LogP contribution in [0.2, 0.25) is 0 Å². The zero-order chi connectivity index (χ0) is 9.14. The van der Waals surface area contributed by atoms with Crippen molar-refractivity contribution in [2.24, 2.45) is 11.8 Å². The molecule has 0 aromatic rings. The van der Waals surface area contributed by atoms with Gasteiger partial charge in [-0.05, 0) is 12.3 Å². The van der Waals surface area contributed by atoms with E-state index in [0.717, 1.165) is 0 Å². The number of hydrogen-bond acceptors (Lipinski definition) is 2. The second-order valence-corrected chi connectivity index (χ2v) is 3.49. The third-order valence-corrected chi connectivity index (χ3v) is 2.44. The average Bonchev–Trinajstić information content (AvgIpc) is 1.96. The number of rotatable bonds is 2. The van der Waals surface area contributed by atoms with Gasteiger partial charge in [-0.25, -0.2) is 0 Å². The molecule has 2 unspecified atom stereocenters. The van der Waals surface area contributed by atoms with E-state index in [2.05, 4.69) is 6.58 Å². The minimum absolute atomic E-state index is 0.0419. The van der Waals surface area contributed by atoms with Crippen LogP contribution in [-0.4, -0.2) is 11.6 Å². The highest BCUT2D eigenvalue weighted by Crippen LogP contribution is 2.27. The van der Waals surface area contributed by atoms with Crippen LogP contribution in [-0.2, 0) is 9.59 Å². The van der Waals surface area contributed by atoms with Gasteiger partial charge in [-0.2, -0.15) is 0 Å². The summed E-state index contributed by atoms with van der Waals surface area (Å²) in [5.41, 5.74) is 0. The van der Waals surface area contributed by atoms with E-state index in [4.69, 9.17) is 0 Å². The Morgan fingerprint density at radius 1 is 1.58 bits per heavy atom. The lowest BCUT2D eigenvalue weighted by Crippen LogP contribution is -2.31. The maximum Gasteiger partial charge on any atom is 0.143 e. The summed E-state index contributed by atoms with van der Waals surface area (Å²) in [6, 6.07) is 0. The first kappa shape index (κ1) is 9.17. The number of carbonyl (C=O) groups is 2. The molecule has 1 rings (SSSR count). The van der Waals surface area contributed by atoms with Crippen LogP contribution >= 0.6 is 0 Å². The topological polar surface area (TPSA) is 34.1 Å². The predicted molar refractivity (Wildman–Crippen MR) is 46.7 cm³/mol. The van der Waals surface area contributed by atoms with Crippen molar-refractivity contribution in [3.05, 3.63) is 12.7 Å². The van der Waals surface area contributed by atoms with Gasteiger partial charge in [0.05, 0.1) is 6.42 Å². The third kappa shape index (κ3) is 1.81. The van der Waals surface area contributed by atoms with Gasteiger partial charge in [0.2, 0.25) is 0 Å². The summed E-state index contributed by atoms with van der Waals surface area (Å²) in [5.74, 6) is 0.434. The Morgan fingerprint density at radius 2 is 2.25 bits per heavy atom. The number of allylic oxidation sites excluding steroid dienone is 1. The molecular formula is C10H14O2. The van der Waals surface area contributed by atoms with E-state index in [9.17, 15) is 9.59 Å². The molecule has 0 aromatic heterocycles. The molecule has 12 heavy (non-hydrogen) atoms. The fourth-order valence-electron chi connectivity index (χ4n) is 1.76. The van der Waals surface area contributed by atoms with E-state index in [0.29, 0.717) is 12.8 Å². The molecule has 1 saturated carbocycles. The van der Waals surface area contributed by atoms with Crippen molar-refractivity contribution in [3.8, 4) is 0 Å². The Hall–Kier alpha value is -0.920. The van der Waals surface area contributed by atoms with Crippen molar-refractivity contribution in [3.63, 3.8) is 0 Å². The molecule has 0 aromatic carbocycles. The maximum atomic E-state index is 11.3. The lowest BCUT2D eigenvalue weighted by Gasteiger charge is -2.25. The molecule has 2 nitrogen and oxygen atoms in total. The zero-order valence-corrected chi connectivity index (χ0v) is 7.38. The fourth-order valence-corrected chi connectivity index (χ4v) is 1.76. The SMILES string of the molecule is C=CCC1C(=O)CC(=O)CC1C. The summed E-state index contributed by atoms with van der Waals surface area (Å²) < 4.78 is 0. The van der Waals surface area contributed by atoms with Crippen molar-refractivity contribution in [2.75, 3.05) is 0 Å². The van der Waals surface area contributed by atoms with Gasteiger partial charge in [0.15, 0.2) is 0 Å². The van der Waals surface area contributed by atoms with Crippen molar-refractivity contribution < 1.29 is 9.59 Å². The Kier molecular flexibility index (Phi) is 2.79. The lowest BCUT2D eigenvalue weighted by molar-refractivity contribution is -0.134. The summed E-state index contributed by atoms with van der Waals surface area (Å²) in [6.45, 7) is 5.57. The smallest absolute Gasteiger partial charge is 0.143 e. The van der Waals surface area contributed by atoms with Crippen LogP contribution in [0.5, 0.6) is 0 Å². The van der Waals surface area contributed by atoms with Crippen LogP contribution in [0.3, 0.4) is 0 Å². The van der Waals surface area contributed by atoms with Gasteiger partial charge in [0.1, 0.15) is 11.6 Å². The van der Waals surface area contributed by atoms with Gasteiger partial charge in [-0.3, -0.25) is 9.59 Å². The predicted octanol–water partition coefficient (Wildman–Crippen LogP) is 1.75. The molecule has 0 spiro atoms. The van der Waals surface area contributed by atoms with Crippen molar-refractivity contribution >= 4 is 11.6 Å². The Labute approximate surface area is 72.7 Å². The van der Waals surface area contributed by atoms with E-state index < -0.39 is 0 Å². The van der Waals surface area contributed by atoms with Crippen LogP contribution in [0.4, 0.5) is 0 Å². The first-order valence-electron chi connectivity index (χ1n) is 4.30. The van der Waals surface area contributed by atoms with Crippen LogP contribution in [0, 0.1) is 11.8 Å². The molecule has 0 aliphatic heterocycles. The normalized spacial score (nSPS) is 30.4. The molecule has 2 heteroatoms. The van der Waals surface area contributed by atoms with Gasteiger partial charge in [0.25, 0.3) is 0 Å². The van der Waals surface area contributed by atoms with Crippen LogP contribution in [0.1, 0.15) is 26.2 Å². The van der Waals surface area contributed by atoms with Crippen LogP contribution < -0.4 is 0 Å². The average molecular weight is 166 g/mol. The summed E-state index contributed by atoms with van der Waals surface area (Å²) in [7, 11) is 0. The van der Waals surface area contributed by atoms with Gasteiger partial charge in [-0.1, -0.05) is 13.0 Å². The Morgan fingerprint density at radius 3 is 2.75 bits per heavy atom. The molecule has 0 amide bonds. The van der Waals surface area contributed by atoms with E-state index >= 15 is 0 Å². The lowest BCUT2D eigenvalue weighted by atomic mass is 9.77. The number of hydrogen-bond donors (Lipinski definition) is 0. The molecule has 1 aliphatic carbocycles. The standard InChI is InChI=1S/C10H14O2/c1-3-4-9-7(2)5-8(11)6-10(9)12/h3,7,9H,1,4-6H2,2H3. The molecule has 0 N–H and O–H groups in total. The van der Waals surface area contributed by atoms with Gasteiger partial charge in [0, 0.05) is 12.3 Å². The highest BCUT2D eigenvalue weighted by atomic mass is 16.1. The van der Waals surface area contributed by atoms with E-state index in [-0.39, 0.29) is 29.8 Å². The summed E-state index contributed by atoms with van der Waals surface area (Å²) in [6.07, 6.45) is 3.18. The minimum Gasteiger partial charge on any atom is -0.299 e. The highest BCUT2D eigenvalue weighted by molar-refractivity contribution is 6.02. The molecule has 0 bridgehead atoms. The maximum absolute atomic E-state index is 11.3.